The molecule has 0 bridgehead atoms. The van der Waals surface area contributed by atoms with Gasteiger partial charge in [-0.15, -0.1) is 0 Å². The summed E-state index contributed by atoms with van der Waals surface area (Å²) < 4.78 is 25.8. The molecule has 0 aromatic carbocycles. The second-order valence-electron chi connectivity index (χ2n) is 8.62. The predicted octanol–water partition coefficient (Wildman–Crippen LogP) is 1.16. The second kappa shape index (κ2) is 11.4. The minimum absolute atomic E-state index is 0.0505. The Morgan fingerprint density at radius 1 is 1.14 bits per heavy atom. The quantitative estimate of drug-likeness (QED) is 0.235. The topological polar surface area (TPSA) is 173 Å². The van der Waals surface area contributed by atoms with Crippen LogP contribution in [0.4, 0.5) is 17.3 Å². The number of ketones is 1. The van der Waals surface area contributed by atoms with Crippen LogP contribution in [0.2, 0.25) is 0 Å². The van der Waals surface area contributed by atoms with Crippen LogP contribution in [0.1, 0.15) is 36.5 Å². The summed E-state index contributed by atoms with van der Waals surface area (Å²) in [5.74, 6) is 0.682. The van der Waals surface area contributed by atoms with E-state index in [2.05, 4.69) is 41.3 Å². The standard InChI is InChI=1S/C23H29N9O4S/c1-15(33)11-27-19-10-21(28-13-18(19)23(34)26-8-3-7-24-2)30-20-6-9-25-22(31-20)16-12-29-32(14-16)37(35,36)17-4-5-17/h6,9-10,12-14,17,24H,3-5,7-8,11H2,1-2H3,(H,26,34)(H2,25,27,28,30,31). The van der Waals surface area contributed by atoms with E-state index in [1.165, 1.54) is 31.7 Å². The maximum absolute atomic E-state index is 12.7. The highest BCUT2D eigenvalue weighted by molar-refractivity contribution is 7.90. The Morgan fingerprint density at radius 3 is 2.68 bits per heavy atom. The fraction of sp³-hybridized carbons (Fsp3) is 0.391. The molecule has 3 heterocycles. The van der Waals surface area contributed by atoms with Crippen molar-refractivity contribution < 1.29 is 18.0 Å². The lowest BCUT2D eigenvalue weighted by molar-refractivity contribution is -0.115. The lowest BCUT2D eigenvalue weighted by atomic mass is 10.2. The average Bonchev–Trinajstić information content (AvgIpc) is 3.62. The zero-order valence-corrected chi connectivity index (χ0v) is 21.4. The summed E-state index contributed by atoms with van der Waals surface area (Å²) in [5, 5.41) is 15.5. The number of hydrogen-bond acceptors (Lipinski definition) is 11. The molecule has 0 saturated heterocycles. The molecule has 0 atom stereocenters. The van der Waals surface area contributed by atoms with E-state index in [-0.39, 0.29) is 29.3 Å². The summed E-state index contributed by atoms with van der Waals surface area (Å²) in [4.78, 5) is 37.2. The Kier molecular flexibility index (Phi) is 8.08. The predicted molar refractivity (Wildman–Crippen MR) is 138 cm³/mol. The fourth-order valence-electron chi connectivity index (χ4n) is 3.41. The SMILES string of the molecule is CNCCCNC(=O)c1cnc(Nc2ccnc(-c3cnn(S(=O)(=O)C4CC4)c3)n2)cc1NCC(C)=O. The van der Waals surface area contributed by atoms with Crippen molar-refractivity contribution in [2.24, 2.45) is 0 Å². The Balaban J connectivity index is 1.52. The summed E-state index contributed by atoms with van der Waals surface area (Å²) in [6.07, 6.45) is 7.81. The molecule has 0 aliphatic heterocycles. The molecule has 13 nitrogen and oxygen atoms in total. The zero-order valence-electron chi connectivity index (χ0n) is 20.6. The molecule has 0 spiro atoms. The van der Waals surface area contributed by atoms with Crippen molar-refractivity contribution in [1.29, 1.82) is 0 Å². The van der Waals surface area contributed by atoms with Crippen molar-refractivity contribution in [2.75, 3.05) is 37.3 Å². The molecule has 37 heavy (non-hydrogen) atoms. The molecule has 0 unspecified atom stereocenters. The molecular weight excluding hydrogens is 498 g/mol. The number of nitrogens with zero attached hydrogens (tertiary/aromatic N) is 5. The van der Waals surface area contributed by atoms with Crippen LogP contribution < -0.4 is 21.3 Å². The van der Waals surface area contributed by atoms with Gasteiger partial charge in [-0.1, -0.05) is 0 Å². The lowest BCUT2D eigenvalue weighted by Crippen LogP contribution is -2.28. The fourth-order valence-corrected chi connectivity index (χ4v) is 4.89. The van der Waals surface area contributed by atoms with Gasteiger partial charge in [-0.2, -0.15) is 9.19 Å². The molecule has 196 valence electrons. The first-order valence-corrected chi connectivity index (χ1v) is 13.3. The van der Waals surface area contributed by atoms with Crippen LogP contribution in [-0.4, -0.2) is 76.2 Å². The van der Waals surface area contributed by atoms with E-state index in [1.54, 1.807) is 12.1 Å². The summed E-state index contributed by atoms with van der Waals surface area (Å²) in [7, 11) is -1.65. The Hall–Kier alpha value is -3.91. The van der Waals surface area contributed by atoms with Crippen LogP contribution in [0.5, 0.6) is 0 Å². The third kappa shape index (κ3) is 6.65. The molecule has 4 N–H and O–H groups in total. The molecule has 0 radical (unpaired) electrons. The van der Waals surface area contributed by atoms with Crippen molar-refractivity contribution in [1.82, 2.24) is 34.8 Å². The smallest absolute Gasteiger partial charge is 0.256 e. The lowest BCUT2D eigenvalue weighted by Gasteiger charge is -2.13. The highest BCUT2D eigenvalue weighted by Gasteiger charge is 2.37. The number of hydrogen-bond donors (Lipinski definition) is 4. The van der Waals surface area contributed by atoms with Gasteiger partial charge in [-0.25, -0.2) is 23.4 Å². The number of anilines is 3. The Bertz CT molecular complexity index is 1390. The molecule has 1 fully saturated rings. The van der Waals surface area contributed by atoms with Crippen molar-refractivity contribution in [2.45, 2.75) is 31.4 Å². The van der Waals surface area contributed by atoms with Gasteiger partial charge >= 0.3 is 0 Å². The average molecular weight is 528 g/mol. The molecule has 1 aliphatic rings. The number of carbonyl (C=O) groups is 2. The Morgan fingerprint density at radius 2 is 1.95 bits per heavy atom. The van der Waals surface area contributed by atoms with Crippen molar-refractivity contribution in [3.63, 3.8) is 0 Å². The summed E-state index contributed by atoms with van der Waals surface area (Å²) >= 11 is 0. The number of nitrogens with one attached hydrogen (secondary N) is 4. The molecule has 1 saturated carbocycles. The zero-order chi connectivity index (χ0) is 26.4. The highest BCUT2D eigenvalue weighted by atomic mass is 32.2. The van der Waals surface area contributed by atoms with Gasteiger partial charge in [0.05, 0.1) is 41.0 Å². The van der Waals surface area contributed by atoms with Gasteiger partial charge < -0.3 is 21.3 Å². The van der Waals surface area contributed by atoms with Crippen LogP contribution in [0.15, 0.2) is 36.9 Å². The number of aromatic nitrogens is 5. The third-order valence-electron chi connectivity index (χ3n) is 5.50. The van der Waals surface area contributed by atoms with E-state index in [9.17, 15) is 18.0 Å². The molecular formula is C23H29N9O4S. The van der Waals surface area contributed by atoms with E-state index in [0.717, 1.165) is 17.1 Å². The van der Waals surface area contributed by atoms with Crippen LogP contribution in [-0.2, 0) is 14.8 Å². The normalized spacial score (nSPS) is 13.2. The van der Waals surface area contributed by atoms with Crippen LogP contribution >= 0.6 is 0 Å². The van der Waals surface area contributed by atoms with Crippen LogP contribution in [0, 0.1) is 0 Å². The van der Waals surface area contributed by atoms with Gasteiger partial charge in [0.1, 0.15) is 17.4 Å². The first-order chi connectivity index (χ1) is 17.8. The van der Waals surface area contributed by atoms with E-state index in [4.69, 9.17) is 0 Å². The van der Waals surface area contributed by atoms with Gasteiger partial charge in [-0.3, -0.25) is 9.59 Å². The van der Waals surface area contributed by atoms with Gasteiger partial charge in [0.2, 0.25) is 0 Å². The van der Waals surface area contributed by atoms with Gasteiger partial charge in [0, 0.05) is 25.0 Å². The van der Waals surface area contributed by atoms with Gasteiger partial charge in [0.25, 0.3) is 15.9 Å². The number of rotatable bonds is 13. The third-order valence-corrected chi connectivity index (χ3v) is 7.54. The highest BCUT2D eigenvalue weighted by Crippen LogP contribution is 2.30. The molecule has 1 aliphatic carbocycles. The Labute approximate surface area is 214 Å². The van der Waals surface area contributed by atoms with Gasteiger partial charge in [0.15, 0.2) is 5.82 Å². The van der Waals surface area contributed by atoms with Crippen LogP contribution in [0.25, 0.3) is 11.4 Å². The van der Waals surface area contributed by atoms with E-state index in [0.29, 0.717) is 47.8 Å². The molecule has 4 rings (SSSR count). The maximum atomic E-state index is 12.7. The minimum Gasteiger partial charge on any atom is -0.377 e. The molecule has 3 aromatic rings. The molecule has 14 heteroatoms. The summed E-state index contributed by atoms with van der Waals surface area (Å²) in [6.45, 7) is 2.77. The maximum Gasteiger partial charge on any atom is 0.256 e. The molecule has 1 amide bonds. The number of carbonyl (C=O) groups excluding carboxylic acids is 2. The number of pyridine rings is 1. The van der Waals surface area contributed by atoms with Gasteiger partial charge in [-0.05, 0) is 45.8 Å². The number of amides is 1. The second-order valence-corrected chi connectivity index (χ2v) is 10.7. The van der Waals surface area contributed by atoms with Crippen molar-refractivity contribution in [3.8, 4) is 11.4 Å². The summed E-state index contributed by atoms with van der Waals surface area (Å²) in [5.41, 5.74) is 1.21. The first kappa shape index (κ1) is 26.2. The van der Waals surface area contributed by atoms with E-state index in [1.807, 2.05) is 7.05 Å². The molecule has 3 aromatic heterocycles. The van der Waals surface area contributed by atoms with Crippen LogP contribution in [0.3, 0.4) is 0 Å². The largest absolute Gasteiger partial charge is 0.377 e. The monoisotopic (exact) mass is 527 g/mol. The first-order valence-electron chi connectivity index (χ1n) is 11.8. The van der Waals surface area contributed by atoms with E-state index < -0.39 is 10.0 Å². The van der Waals surface area contributed by atoms with E-state index >= 15 is 0 Å². The van der Waals surface area contributed by atoms with Crippen molar-refractivity contribution in [3.05, 3.63) is 42.5 Å². The summed E-state index contributed by atoms with van der Waals surface area (Å²) in [6, 6.07) is 3.25. The number of Topliss-reactive ketones (excluding diaryl/α,β-unsaturated/α-hetero) is 1. The van der Waals surface area contributed by atoms with Crippen molar-refractivity contribution >= 4 is 39.0 Å². The minimum atomic E-state index is -3.49.